The monoisotopic (exact) mass is 395 g/mol. The predicted molar refractivity (Wildman–Crippen MR) is 115 cm³/mol. The fourth-order valence-electron chi connectivity index (χ4n) is 2.94. The van der Waals surface area contributed by atoms with Crippen LogP contribution in [0.5, 0.6) is 5.75 Å². The lowest BCUT2D eigenvalue weighted by Crippen LogP contribution is -2.38. The standard InChI is InChI=1S/C22H30ClNO.ClH/c1-4-18(2)21-12-8-9-13-22(21)25-17-19(3)24(15-14-23)16-20-10-6-5-7-11-20;/h5-13,18-19H,4,14-17H2,1-3H3;1H. The molecule has 0 amide bonds. The Kier molecular flexibility index (Phi) is 10.7. The molecule has 0 saturated heterocycles. The number of alkyl halides is 1. The van der Waals surface area contributed by atoms with Gasteiger partial charge in [0.15, 0.2) is 0 Å². The zero-order valence-corrected chi connectivity index (χ0v) is 17.6. The van der Waals surface area contributed by atoms with Crippen molar-refractivity contribution in [3.05, 3.63) is 65.7 Å². The Labute approximate surface area is 169 Å². The highest BCUT2D eigenvalue weighted by Gasteiger charge is 2.16. The normalized spacial score (nSPS) is 13.1. The average Bonchev–Trinajstić information content (AvgIpc) is 2.66. The van der Waals surface area contributed by atoms with E-state index in [1.54, 1.807) is 0 Å². The first-order valence-corrected chi connectivity index (χ1v) is 9.74. The maximum absolute atomic E-state index is 6.20. The summed E-state index contributed by atoms with van der Waals surface area (Å²) in [5.74, 6) is 2.14. The van der Waals surface area contributed by atoms with Gasteiger partial charge in [0.25, 0.3) is 0 Å². The molecule has 0 saturated carbocycles. The van der Waals surface area contributed by atoms with Crippen LogP contribution in [0.1, 0.15) is 44.2 Å². The topological polar surface area (TPSA) is 12.5 Å². The van der Waals surface area contributed by atoms with Crippen LogP contribution < -0.4 is 4.74 Å². The van der Waals surface area contributed by atoms with Gasteiger partial charge in [-0.05, 0) is 36.5 Å². The zero-order chi connectivity index (χ0) is 18.1. The van der Waals surface area contributed by atoms with E-state index in [2.05, 4.69) is 68.1 Å². The predicted octanol–water partition coefficient (Wildman–Crippen LogP) is 6.13. The second-order valence-corrected chi connectivity index (χ2v) is 7.03. The van der Waals surface area contributed by atoms with Crippen molar-refractivity contribution in [2.45, 2.75) is 45.7 Å². The van der Waals surface area contributed by atoms with Crippen molar-refractivity contribution in [1.29, 1.82) is 0 Å². The second-order valence-electron chi connectivity index (χ2n) is 6.65. The van der Waals surface area contributed by atoms with Gasteiger partial charge in [0.05, 0.1) is 0 Å². The molecule has 2 nitrogen and oxygen atoms in total. The van der Waals surface area contributed by atoms with Crippen molar-refractivity contribution >= 4 is 24.0 Å². The van der Waals surface area contributed by atoms with Crippen LogP contribution in [-0.4, -0.2) is 30.0 Å². The summed E-state index contributed by atoms with van der Waals surface area (Å²) in [6.45, 7) is 9.09. The Morgan fingerprint density at radius 1 is 1.00 bits per heavy atom. The summed E-state index contributed by atoms with van der Waals surface area (Å²) in [5.41, 5.74) is 2.60. The van der Waals surface area contributed by atoms with Crippen LogP contribution in [0.15, 0.2) is 54.6 Å². The van der Waals surface area contributed by atoms with E-state index >= 15 is 0 Å². The SMILES string of the molecule is CCC(C)c1ccccc1OCC(C)N(CCCl)Cc1ccccc1.Cl. The van der Waals surface area contributed by atoms with Gasteiger partial charge in [-0.2, -0.15) is 0 Å². The van der Waals surface area contributed by atoms with Crippen molar-refractivity contribution in [3.63, 3.8) is 0 Å². The fourth-order valence-corrected chi connectivity index (χ4v) is 3.15. The zero-order valence-electron chi connectivity index (χ0n) is 16.0. The third-order valence-corrected chi connectivity index (χ3v) is 4.93. The van der Waals surface area contributed by atoms with Crippen LogP contribution in [0.3, 0.4) is 0 Å². The molecule has 2 atom stereocenters. The molecule has 26 heavy (non-hydrogen) atoms. The van der Waals surface area contributed by atoms with E-state index in [-0.39, 0.29) is 12.4 Å². The van der Waals surface area contributed by atoms with Gasteiger partial charge in [-0.3, -0.25) is 4.90 Å². The van der Waals surface area contributed by atoms with Gasteiger partial charge in [0.1, 0.15) is 12.4 Å². The highest BCUT2D eigenvalue weighted by atomic mass is 35.5. The number of para-hydroxylation sites is 1. The summed E-state index contributed by atoms with van der Waals surface area (Å²) < 4.78 is 6.20. The molecular weight excluding hydrogens is 365 g/mol. The summed E-state index contributed by atoms with van der Waals surface area (Å²) >= 11 is 6.03. The van der Waals surface area contributed by atoms with Gasteiger partial charge < -0.3 is 4.74 Å². The van der Waals surface area contributed by atoms with E-state index in [1.165, 1.54) is 11.1 Å². The Bertz CT molecular complexity index is 621. The average molecular weight is 396 g/mol. The number of benzene rings is 2. The number of hydrogen-bond donors (Lipinski definition) is 0. The molecule has 2 rings (SSSR count). The van der Waals surface area contributed by atoms with Crippen LogP contribution in [0.2, 0.25) is 0 Å². The van der Waals surface area contributed by atoms with Crippen LogP contribution in [0.25, 0.3) is 0 Å². The molecule has 0 fully saturated rings. The van der Waals surface area contributed by atoms with Gasteiger partial charge in [0, 0.05) is 25.0 Å². The van der Waals surface area contributed by atoms with E-state index in [4.69, 9.17) is 16.3 Å². The molecule has 0 radical (unpaired) electrons. The molecule has 0 bridgehead atoms. The van der Waals surface area contributed by atoms with Crippen LogP contribution in [-0.2, 0) is 6.54 Å². The van der Waals surface area contributed by atoms with Crippen LogP contribution >= 0.6 is 24.0 Å². The molecule has 0 aliphatic carbocycles. The quantitative estimate of drug-likeness (QED) is 0.448. The van der Waals surface area contributed by atoms with E-state index in [9.17, 15) is 0 Å². The number of rotatable bonds is 10. The first kappa shape index (κ1) is 22.8. The van der Waals surface area contributed by atoms with Crippen molar-refractivity contribution in [1.82, 2.24) is 4.90 Å². The lowest BCUT2D eigenvalue weighted by molar-refractivity contribution is 0.145. The van der Waals surface area contributed by atoms with E-state index in [0.717, 1.165) is 25.3 Å². The van der Waals surface area contributed by atoms with Gasteiger partial charge >= 0.3 is 0 Å². The van der Waals surface area contributed by atoms with Crippen molar-refractivity contribution in [2.24, 2.45) is 0 Å². The minimum absolute atomic E-state index is 0. The highest BCUT2D eigenvalue weighted by molar-refractivity contribution is 6.18. The second kappa shape index (κ2) is 12.2. The number of halogens is 2. The Morgan fingerprint density at radius 3 is 2.31 bits per heavy atom. The van der Waals surface area contributed by atoms with Gasteiger partial charge in [0.2, 0.25) is 0 Å². The van der Waals surface area contributed by atoms with Crippen LogP contribution in [0.4, 0.5) is 0 Å². The molecule has 0 aliphatic rings. The molecule has 0 heterocycles. The Morgan fingerprint density at radius 2 is 1.65 bits per heavy atom. The lowest BCUT2D eigenvalue weighted by Gasteiger charge is -2.29. The van der Waals surface area contributed by atoms with Gasteiger partial charge in [-0.25, -0.2) is 0 Å². The molecule has 2 aromatic carbocycles. The maximum Gasteiger partial charge on any atom is 0.122 e. The summed E-state index contributed by atoms with van der Waals surface area (Å²) in [6, 6.07) is 19.2. The van der Waals surface area contributed by atoms with Gasteiger partial charge in [-0.15, -0.1) is 24.0 Å². The molecule has 0 aliphatic heterocycles. The minimum Gasteiger partial charge on any atom is -0.492 e. The highest BCUT2D eigenvalue weighted by Crippen LogP contribution is 2.28. The van der Waals surface area contributed by atoms with Crippen molar-refractivity contribution < 1.29 is 4.74 Å². The Balaban J connectivity index is 0.00000338. The number of hydrogen-bond acceptors (Lipinski definition) is 2. The number of nitrogens with zero attached hydrogens (tertiary/aromatic N) is 1. The molecular formula is C22H31Cl2NO. The summed E-state index contributed by atoms with van der Waals surface area (Å²) in [4.78, 5) is 2.38. The molecule has 4 heteroatoms. The lowest BCUT2D eigenvalue weighted by atomic mass is 9.98. The minimum atomic E-state index is 0. The molecule has 0 spiro atoms. The first-order chi connectivity index (χ1) is 12.2. The third-order valence-electron chi connectivity index (χ3n) is 4.77. The summed E-state index contributed by atoms with van der Waals surface area (Å²) in [7, 11) is 0. The number of ether oxygens (including phenoxy) is 1. The molecule has 0 N–H and O–H groups in total. The fraction of sp³-hybridized carbons (Fsp3) is 0.455. The maximum atomic E-state index is 6.20. The van der Waals surface area contributed by atoms with Crippen molar-refractivity contribution in [3.8, 4) is 5.75 Å². The first-order valence-electron chi connectivity index (χ1n) is 9.21. The smallest absolute Gasteiger partial charge is 0.122 e. The molecule has 2 aromatic rings. The van der Waals surface area contributed by atoms with Gasteiger partial charge in [-0.1, -0.05) is 62.4 Å². The molecule has 0 aromatic heterocycles. The summed E-state index contributed by atoms with van der Waals surface area (Å²) in [6.07, 6.45) is 1.11. The third kappa shape index (κ3) is 6.83. The molecule has 2 unspecified atom stereocenters. The summed E-state index contributed by atoms with van der Waals surface area (Å²) in [5, 5.41) is 0. The largest absolute Gasteiger partial charge is 0.492 e. The van der Waals surface area contributed by atoms with E-state index in [1.807, 2.05) is 12.1 Å². The van der Waals surface area contributed by atoms with E-state index in [0.29, 0.717) is 24.4 Å². The van der Waals surface area contributed by atoms with Crippen molar-refractivity contribution in [2.75, 3.05) is 19.0 Å². The van der Waals surface area contributed by atoms with Crippen LogP contribution in [0, 0.1) is 0 Å². The Hall–Kier alpha value is -1.22. The van der Waals surface area contributed by atoms with E-state index < -0.39 is 0 Å². The molecule has 144 valence electrons.